The van der Waals surface area contributed by atoms with Crippen LogP contribution in [0.2, 0.25) is 0 Å². The van der Waals surface area contributed by atoms with Gasteiger partial charge in [-0.2, -0.15) is 0 Å². The third-order valence-corrected chi connectivity index (χ3v) is 6.31. The summed E-state index contributed by atoms with van der Waals surface area (Å²) in [6, 6.07) is 21.9. The summed E-state index contributed by atoms with van der Waals surface area (Å²) < 4.78 is 5.30. The Bertz CT molecular complexity index is 1270. The van der Waals surface area contributed by atoms with Crippen LogP contribution < -0.4 is 15.4 Å². The molecule has 7 heteroatoms. The van der Waals surface area contributed by atoms with Crippen molar-refractivity contribution in [3.63, 3.8) is 0 Å². The van der Waals surface area contributed by atoms with Crippen molar-refractivity contribution in [2.45, 2.75) is 24.8 Å². The van der Waals surface area contributed by atoms with E-state index in [2.05, 4.69) is 10.6 Å². The summed E-state index contributed by atoms with van der Waals surface area (Å²) in [5.74, 6) is 0.646. The fraction of sp³-hybridized carbons (Fsp3) is 0.192. The summed E-state index contributed by atoms with van der Waals surface area (Å²) in [6.45, 7) is 0. The van der Waals surface area contributed by atoms with Gasteiger partial charge >= 0.3 is 0 Å². The number of nitrogens with zero attached hydrogens (tertiary/aromatic N) is 1. The van der Waals surface area contributed by atoms with Gasteiger partial charge in [-0.1, -0.05) is 36.4 Å². The SMILES string of the molecule is COc1ccc([C@H]2Nc3ccccc3NC3=C2C(=O)C[C@H](c2cccc([N+](=O)[O-])c2)C3)cc1. The largest absolute Gasteiger partial charge is 0.497 e. The summed E-state index contributed by atoms with van der Waals surface area (Å²) in [6.07, 6.45) is 0.886. The van der Waals surface area contributed by atoms with Crippen LogP contribution in [0.25, 0.3) is 0 Å². The van der Waals surface area contributed by atoms with Crippen LogP contribution in [0.5, 0.6) is 5.75 Å². The molecular weight excluding hydrogens is 418 g/mol. The van der Waals surface area contributed by atoms with Crippen LogP contribution >= 0.6 is 0 Å². The second-order valence-electron chi connectivity index (χ2n) is 8.29. The van der Waals surface area contributed by atoms with E-state index < -0.39 is 4.92 Å². The van der Waals surface area contributed by atoms with E-state index in [0.29, 0.717) is 18.4 Å². The molecule has 0 fully saturated rings. The van der Waals surface area contributed by atoms with E-state index in [1.807, 2.05) is 54.6 Å². The molecule has 3 aromatic rings. The molecule has 7 nitrogen and oxygen atoms in total. The van der Waals surface area contributed by atoms with Gasteiger partial charge in [-0.15, -0.1) is 0 Å². The van der Waals surface area contributed by atoms with Gasteiger partial charge in [0.15, 0.2) is 5.78 Å². The first-order valence-electron chi connectivity index (χ1n) is 10.8. The number of anilines is 2. The maximum absolute atomic E-state index is 13.5. The summed E-state index contributed by atoms with van der Waals surface area (Å²) in [5.41, 5.74) is 5.16. The summed E-state index contributed by atoms with van der Waals surface area (Å²) >= 11 is 0. The molecule has 0 aromatic heterocycles. The molecule has 0 bridgehead atoms. The van der Waals surface area contributed by atoms with Crippen LogP contribution in [0.4, 0.5) is 17.1 Å². The van der Waals surface area contributed by atoms with Crippen molar-refractivity contribution >= 4 is 22.8 Å². The third kappa shape index (κ3) is 3.93. The molecule has 0 unspecified atom stereocenters. The van der Waals surface area contributed by atoms with Gasteiger partial charge in [-0.25, -0.2) is 0 Å². The third-order valence-electron chi connectivity index (χ3n) is 6.31. The van der Waals surface area contributed by atoms with Crippen molar-refractivity contribution in [3.8, 4) is 5.75 Å². The van der Waals surface area contributed by atoms with Crippen LogP contribution in [-0.2, 0) is 4.79 Å². The van der Waals surface area contributed by atoms with Crippen molar-refractivity contribution in [2.24, 2.45) is 0 Å². The molecule has 5 rings (SSSR count). The minimum absolute atomic E-state index is 0.0291. The minimum Gasteiger partial charge on any atom is -0.497 e. The highest BCUT2D eigenvalue weighted by Gasteiger charge is 2.36. The van der Waals surface area contributed by atoms with Gasteiger partial charge in [0.05, 0.1) is 29.4 Å². The Morgan fingerprint density at radius 1 is 0.939 bits per heavy atom. The molecule has 33 heavy (non-hydrogen) atoms. The summed E-state index contributed by atoms with van der Waals surface area (Å²) in [4.78, 5) is 24.4. The molecule has 2 N–H and O–H groups in total. The number of ether oxygens (including phenoxy) is 1. The smallest absolute Gasteiger partial charge is 0.269 e. The van der Waals surface area contributed by atoms with E-state index >= 15 is 0 Å². The molecule has 3 aromatic carbocycles. The van der Waals surface area contributed by atoms with Crippen LogP contribution in [0.3, 0.4) is 0 Å². The molecular formula is C26H23N3O4. The predicted octanol–water partition coefficient (Wildman–Crippen LogP) is 5.58. The van der Waals surface area contributed by atoms with Crippen molar-refractivity contribution in [2.75, 3.05) is 17.7 Å². The Balaban J connectivity index is 1.58. The average molecular weight is 441 g/mol. The lowest BCUT2D eigenvalue weighted by Crippen LogP contribution is -2.26. The topological polar surface area (TPSA) is 93.5 Å². The molecule has 1 aliphatic heterocycles. The zero-order valence-electron chi connectivity index (χ0n) is 18.1. The number of ketones is 1. The van der Waals surface area contributed by atoms with Crippen LogP contribution in [0, 0.1) is 10.1 Å². The number of rotatable bonds is 4. The van der Waals surface area contributed by atoms with E-state index in [4.69, 9.17) is 4.74 Å². The standard InChI is InChI=1S/C26H23N3O4/c1-33-20-11-9-16(10-12-20)26-25-23(27-21-7-2-3-8-22(21)28-26)14-18(15-24(25)30)17-5-4-6-19(13-17)29(31)32/h2-13,18,26-28H,14-15H2,1H3/t18-,26-/m1/s1. The average Bonchev–Trinajstić information content (AvgIpc) is 3.01. The molecule has 0 spiro atoms. The first-order chi connectivity index (χ1) is 16.0. The number of para-hydroxylation sites is 2. The van der Waals surface area contributed by atoms with E-state index in [1.54, 1.807) is 19.2 Å². The number of fused-ring (bicyclic) bond motifs is 1. The first kappa shape index (κ1) is 20.8. The molecule has 0 saturated heterocycles. The quantitative estimate of drug-likeness (QED) is 0.405. The lowest BCUT2D eigenvalue weighted by atomic mass is 9.78. The highest BCUT2D eigenvalue weighted by molar-refractivity contribution is 6.01. The Labute approximate surface area is 191 Å². The zero-order chi connectivity index (χ0) is 22.9. The number of Topliss-reactive ketones (excluding diaryl/α,β-unsaturated/α-hetero) is 1. The van der Waals surface area contributed by atoms with Crippen molar-refractivity contribution < 1.29 is 14.5 Å². The lowest BCUT2D eigenvalue weighted by Gasteiger charge is -2.30. The molecule has 1 heterocycles. The number of hydrogen-bond acceptors (Lipinski definition) is 6. The van der Waals surface area contributed by atoms with Crippen molar-refractivity contribution in [1.29, 1.82) is 0 Å². The Morgan fingerprint density at radius 3 is 2.42 bits per heavy atom. The van der Waals surface area contributed by atoms with E-state index in [1.165, 1.54) is 6.07 Å². The zero-order valence-corrected chi connectivity index (χ0v) is 18.1. The predicted molar refractivity (Wildman–Crippen MR) is 127 cm³/mol. The maximum Gasteiger partial charge on any atom is 0.269 e. The number of nitrogens with one attached hydrogen (secondary N) is 2. The number of carbonyl (C=O) groups excluding carboxylic acids is 1. The number of benzene rings is 3. The monoisotopic (exact) mass is 441 g/mol. The molecule has 0 radical (unpaired) electrons. The van der Waals surface area contributed by atoms with Crippen LogP contribution in [0.1, 0.15) is 35.9 Å². The van der Waals surface area contributed by atoms with Gasteiger partial charge in [0.25, 0.3) is 5.69 Å². The fourth-order valence-corrected chi connectivity index (χ4v) is 4.67. The number of allylic oxidation sites excluding steroid dienone is 1. The summed E-state index contributed by atoms with van der Waals surface area (Å²) in [7, 11) is 1.62. The second-order valence-corrected chi connectivity index (χ2v) is 8.29. The number of hydrogen-bond donors (Lipinski definition) is 2. The van der Waals surface area contributed by atoms with E-state index in [0.717, 1.165) is 33.9 Å². The van der Waals surface area contributed by atoms with Crippen LogP contribution in [-0.4, -0.2) is 17.8 Å². The Kier molecular flexibility index (Phi) is 5.30. The van der Waals surface area contributed by atoms with Gasteiger partial charge in [-0.05, 0) is 47.7 Å². The van der Waals surface area contributed by atoms with Gasteiger partial charge in [-0.3, -0.25) is 14.9 Å². The molecule has 166 valence electrons. The van der Waals surface area contributed by atoms with Crippen LogP contribution in [0.15, 0.2) is 84.1 Å². The molecule has 2 aliphatic rings. The number of nitro benzene ring substituents is 1. The van der Waals surface area contributed by atoms with Crippen molar-refractivity contribution in [3.05, 3.63) is 105 Å². The van der Waals surface area contributed by atoms with Gasteiger partial charge in [0, 0.05) is 29.8 Å². The number of nitro groups is 1. The van der Waals surface area contributed by atoms with Gasteiger partial charge in [0.2, 0.25) is 0 Å². The number of non-ortho nitro benzene ring substituents is 1. The Hall–Kier alpha value is -4.13. The second kappa shape index (κ2) is 8.43. The highest BCUT2D eigenvalue weighted by atomic mass is 16.6. The molecule has 0 saturated carbocycles. The Morgan fingerprint density at radius 2 is 1.70 bits per heavy atom. The fourth-order valence-electron chi connectivity index (χ4n) is 4.67. The first-order valence-corrected chi connectivity index (χ1v) is 10.8. The number of methoxy groups -OCH3 is 1. The number of carbonyl (C=O) groups is 1. The van der Waals surface area contributed by atoms with Gasteiger partial charge in [0.1, 0.15) is 5.75 Å². The highest BCUT2D eigenvalue weighted by Crippen LogP contribution is 2.44. The molecule has 2 atom stereocenters. The van der Waals surface area contributed by atoms with Crippen molar-refractivity contribution in [1.82, 2.24) is 0 Å². The lowest BCUT2D eigenvalue weighted by molar-refractivity contribution is -0.384. The normalized spacial score (nSPS) is 19.5. The molecule has 1 aliphatic carbocycles. The molecule has 0 amide bonds. The maximum atomic E-state index is 13.5. The summed E-state index contributed by atoms with van der Waals surface area (Å²) in [5, 5.41) is 18.3. The minimum atomic E-state index is -0.400. The van der Waals surface area contributed by atoms with E-state index in [-0.39, 0.29) is 23.4 Å². The van der Waals surface area contributed by atoms with E-state index in [9.17, 15) is 14.9 Å². The van der Waals surface area contributed by atoms with Gasteiger partial charge < -0.3 is 15.4 Å².